The smallest absolute Gasteiger partial charge is 0.0657 e. The van der Waals surface area contributed by atoms with E-state index in [1.54, 1.807) is 5.57 Å². The summed E-state index contributed by atoms with van der Waals surface area (Å²) >= 11 is 0. The molecule has 0 aromatic rings. The van der Waals surface area contributed by atoms with Crippen LogP contribution in [-0.4, -0.2) is 35.1 Å². The molecule has 0 aromatic carbocycles. The Morgan fingerprint density at radius 3 is 2.22 bits per heavy atom. The quantitative estimate of drug-likeness (QED) is 0.393. The van der Waals surface area contributed by atoms with E-state index in [4.69, 9.17) is 4.74 Å². The first-order valence-corrected chi connectivity index (χ1v) is 15.2. The molecule has 36 heavy (non-hydrogen) atoms. The van der Waals surface area contributed by atoms with Crippen LogP contribution in [0.25, 0.3) is 0 Å². The number of ether oxygens (including phenoxy) is 1. The molecule has 5 aliphatic rings. The molecule has 0 radical (unpaired) electrons. The average Bonchev–Trinajstić information content (AvgIpc) is 2.77. The lowest BCUT2D eigenvalue weighted by Crippen LogP contribution is -2.66. The molecular formula is C33H56O3. The maximum Gasteiger partial charge on any atom is 0.0657 e. The van der Waals surface area contributed by atoms with Gasteiger partial charge in [0.05, 0.1) is 24.9 Å². The van der Waals surface area contributed by atoms with Crippen LogP contribution in [0.5, 0.6) is 0 Å². The second-order valence-electron chi connectivity index (χ2n) is 16.3. The number of hydrogen-bond donors (Lipinski definition) is 2. The molecule has 4 fully saturated rings. The average molecular weight is 501 g/mol. The van der Waals surface area contributed by atoms with Gasteiger partial charge in [-0.2, -0.15) is 0 Å². The zero-order valence-electron chi connectivity index (χ0n) is 24.9. The third kappa shape index (κ3) is 3.46. The Morgan fingerprint density at radius 2 is 1.58 bits per heavy atom. The first-order valence-electron chi connectivity index (χ1n) is 15.2. The zero-order valence-corrected chi connectivity index (χ0v) is 24.9. The highest BCUT2D eigenvalue weighted by Crippen LogP contribution is 2.75. The Bertz CT molecular complexity index is 907. The molecule has 0 spiro atoms. The van der Waals surface area contributed by atoms with Crippen LogP contribution in [0.3, 0.4) is 0 Å². The lowest BCUT2D eigenvalue weighted by molar-refractivity contribution is -0.231. The summed E-state index contributed by atoms with van der Waals surface area (Å²) in [6.07, 6.45) is 13.2. The third-order valence-electron chi connectivity index (χ3n) is 13.6. The summed E-state index contributed by atoms with van der Waals surface area (Å²) in [5, 5.41) is 22.2. The molecule has 0 aliphatic heterocycles. The minimum atomic E-state index is -0.197. The van der Waals surface area contributed by atoms with Crippen molar-refractivity contribution in [2.45, 2.75) is 138 Å². The van der Waals surface area contributed by atoms with Crippen molar-refractivity contribution < 1.29 is 14.9 Å². The summed E-state index contributed by atoms with van der Waals surface area (Å²) in [7, 11) is 0. The fourth-order valence-electron chi connectivity index (χ4n) is 11.2. The van der Waals surface area contributed by atoms with Crippen molar-refractivity contribution in [2.24, 2.45) is 50.2 Å². The number of allylic oxidation sites excluding steroid dienone is 2. The van der Waals surface area contributed by atoms with Gasteiger partial charge < -0.3 is 14.9 Å². The molecule has 4 saturated carbocycles. The van der Waals surface area contributed by atoms with E-state index in [9.17, 15) is 10.2 Å². The van der Waals surface area contributed by atoms with Crippen molar-refractivity contribution in [3.05, 3.63) is 11.6 Å². The second kappa shape index (κ2) is 8.31. The molecule has 0 amide bonds. The topological polar surface area (TPSA) is 49.7 Å². The van der Waals surface area contributed by atoms with Crippen molar-refractivity contribution in [1.82, 2.24) is 0 Å². The molecule has 0 saturated heterocycles. The van der Waals surface area contributed by atoms with Crippen LogP contribution < -0.4 is 0 Å². The van der Waals surface area contributed by atoms with Crippen LogP contribution in [0.2, 0.25) is 0 Å². The molecule has 0 aromatic heterocycles. The summed E-state index contributed by atoms with van der Waals surface area (Å²) in [6.45, 7) is 21.8. The molecule has 3 heteroatoms. The van der Waals surface area contributed by atoms with Crippen LogP contribution in [0, 0.1) is 50.2 Å². The Labute approximate surface area is 221 Å². The summed E-state index contributed by atoms with van der Waals surface area (Å²) in [4.78, 5) is 0. The highest BCUT2D eigenvalue weighted by atomic mass is 16.5. The number of aliphatic hydroxyl groups excluding tert-OH is 2. The Hall–Kier alpha value is -0.380. The van der Waals surface area contributed by atoms with Gasteiger partial charge in [0.2, 0.25) is 0 Å². The van der Waals surface area contributed by atoms with Gasteiger partial charge in [0, 0.05) is 10.8 Å². The summed E-state index contributed by atoms with van der Waals surface area (Å²) < 4.78 is 6.46. The maximum atomic E-state index is 11.4. The monoisotopic (exact) mass is 500 g/mol. The van der Waals surface area contributed by atoms with Crippen molar-refractivity contribution >= 4 is 0 Å². The van der Waals surface area contributed by atoms with E-state index in [0.29, 0.717) is 17.8 Å². The lowest BCUT2D eigenvalue weighted by atomic mass is 9.33. The van der Waals surface area contributed by atoms with E-state index in [1.165, 1.54) is 32.1 Å². The first kappa shape index (κ1) is 27.2. The third-order valence-corrected chi connectivity index (χ3v) is 13.6. The largest absolute Gasteiger partial charge is 0.396 e. The molecular weight excluding hydrogens is 444 g/mol. The summed E-state index contributed by atoms with van der Waals surface area (Å²) in [5.74, 6) is 1.62. The molecule has 5 aliphatic carbocycles. The Kier molecular flexibility index (Phi) is 6.28. The minimum absolute atomic E-state index is 0.0207. The van der Waals surface area contributed by atoms with Gasteiger partial charge in [-0.3, -0.25) is 0 Å². The van der Waals surface area contributed by atoms with Gasteiger partial charge in [-0.25, -0.2) is 0 Å². The van der Waals surface area contributed by atoms with Gasteiger partial charge in [-0.1, -0.05) is 60.1 Å². The molecule has 5 rings (SSSR count). The van der Waals surface area contributed by atoms with E-state index >= 15 is 0 Å². The number of aliphatic hydroxyl groups is 2. The first-order chi connectivity index (χ1) is 16.6. The highest BCUT2D eigenvalue weighted by molar-refractivity contribution is 5.34. The van der Waals surface area contributed by atoms with E-state index in [0.717, 1.165) is 25.7 Å². The molecule has 206 valence electrons. The summed E-state index contributed by atoms with van der Waals surface area (Å²) in [5.41, 5.74) is 2.42. The van der Waals surface area contributed by atoms with Crippen molar-refractivity contribution in [3.8, 4) is 0 Å². The molecule has 0 bridgehead atoms. The fourth-order valence-corrected chi connectivity index (χ4v) is 11.2. The molecule has 3 nitrogen and oxygen atoms in total. The van der Waals surface area contributed by atoms with Gasteiger partial charge in [0.25, 0.3) is 0 Å². The van der Waals surface area contributed by atoms with E-state index in [2.05, 4.69) is 68.4 Å². The number of fused-ring (bicyclic) bond motifs is 7. The standard InChI is InChI=1S/C33H56O3/c1-21(2)36-27-13-14-30(6)24(31(27,7)20-34)12-15-33(9)25(30)11-10-22-23-18-28(3,4)19-26(35)29(23,5)16-17-32(22,33)8/h10,21,23-27,34-35H,11-20H2,1-9H3/t23?,24?,25?,26-,27+,29-,30+,31-,32-,33-/m1/s1. The van der Waals surface area contributed by atoms with Gasteiger partial charge in [-0.05, 0) is 111 Å². The van der Waals surface area contributed by atoms with Gasteiger partial charge in [-0.15, -0.1) is 0 Å². The predicted molar refractivity (Wildman–Crippen MR) is 148 cm³/mol. The predicted octanol–water partition coefficient (Wildman–Crippen LogP) is 7.54. The molecule has 10 atom stereocenters. The molecule has 3 unspecified atom stereocenters. The van der Waals surface area contributed by atoms with E-state index < -0.39 is 0 Å². The molecule has 0 heterocycles. The normalized spacial score (nSPS) is 54.1. The number of hydrogen-bond acceptors (Lipinski definition) is 3. The Balaban J connectivity index is 1.54. The van der Waals surface area contributed by atoms with Gasteiger partial charge >= 0.3 is 0 Å². The van der Waals surface area contributed by atoms with Crippen molar-refractivity contribution in [1.29, 1.82) is 0 Å². The van der Waals surface area contributed by atoms with Crippen LogP contribution in [-0.2, 0) is 4.74 Å². The maximum absolute atomic E-state index is 11.4. The number of rotatable bonds is 3. The van der Waals surface area contributed by atoms with Crippen LogP contribution in [0.15, 0.2) is 11.6 Å². The van der Waals surface area contributed by atoms with E-state index in [1.807, 2.05) is 0 Å². The summed E-state index contributed by atoms with van der Waals surface area (Å²) in [6, 6.07) is 0. The van der Waals surface area contributed by atoms with Crippen LogP contribution in [0.4, 0.5) is 0 Å². The van der Waals surface area contributed by atoms with Crippen LogP contribution >= 0.6 is 0 Å². The zero-order chi connectivity index (χ0) is 26.5. The fraction of sp³-hybridized carbons (Fsp3) is 0.939. The SMILES string of the molecule is CC(C)O[C@H]1CC[C@@]2(C)C(CC[C@]3(C)C2CC=C2C4CC(C)(C)C[C@@H](O)[C@]4(C)CC[C@]23C)[C@@]1(C)CO. The minimum Gasteiger partial charge on any atom is -0.396 e. The van der Waals surface area contributed by atoms with E-state index in [-0.39, 0.29) is 57.4 Å². The lowest BCUT2D eigenvalue weighted by Gasteiger charge is -2.72. The van der Waals surface area contributed by atoms with Crippen LogP contribution in [0.1, 0.15) is 120 Å². The highest BCUT2D eigenvalue weighted by Gasteiger charge is 2.69. The van der Waals surface area contributed by atoms with Crippen molar-refractivity contribution in [2.75, 3.05) is 6.61 Å². The van der Waals surface area contributed by atoms with Crippen molar-refractivity contribution in [3.63, 3.8) is 0 Å². The second-order valence-corrected chi connectivity index (χ2v) is 16.3. The Morgan fingerprint density at radius 1 is 0.889 bits per heavy atom. The molecule has 2 N–H and O–H groups in total. The van der Waals surface area contributed by atoms with Gasteiger partial charge in [0.15, 0.2) is 0 Å². The van der Waals surface area contributed by atoms with Gasteiger partial charge in [0.1, 0.15) is 0 Å².